The van der Waals surface area contributed by atoms with E-state index in [2.05, 4.69) is 42.2 Å². The fourth-order valence-corrected chi connectivity index (χ4v) is 4.39. The Morgan fingerprint density at radius 3 is 2.65 bits per heavy atom. The predicted octanol–water partition coefficient (Wildman–Crippen LogP) is 4.12. The molecular weight excluding hydrogens is 388 g/mol. The average molecular weight is 421 g/mol. The predicted molar refractivity (Wildman–Crippen MR) is 121 cm³/mol. The normalized spacial score (nSPS) is 18.8. The van der Waals surface area contributed by atoms with Crippen molar-refractivity contribution in [3.63, 3.8) is 0 Å². The SMILES string of the molecule is CCN(C)C(=O)[C@@H](C)Oc1ccc2c(c1)[C@@H](c1cccc(C)c1)N(C(=O)C1CC1)CC2. The molecule has 2 aromatic carbocycles. The van der Waals surface area contributed by atoms with Crippen LogP contribution in [-0.2, 0) is 16.0 Å². The van der Waals surface area contributed by atoms with Crippen LogP contribution >= 0.6 is 0 Å². The minimum absolute atomic E-state index is 0.0407. The molecule has 0 unspecified atom stereocenters. The maximum absolute atomic E-state index is 13.1. The van der Waals surface area contributed by atoms with Gasteiger partial charge in [0.25, 0.3) is 5.91 Å². The summed E-state index contributed by atoms with van der Waals surface area (Å²) in [5.41, 5.74) is 4.65. The number of carbonyl (C=O) groups is 2. The van der Waals surface area contributed by atoms with E-state index in [0.717, 1.165) is 36.9 Å². The standard InChI is InChI=1S/C26H32N2O3/c1-5-27(4)25(29)18(3)31-22-12-11-19-13-14-28(26(30)20-9-10-20)24(23(19)16-22)21-8-6-7-17(2)15-21/h6-8,11-12,15-16,18,20,24H,5,9-10,13-14H2,1-4H3/t18-,24-/m1/s1. The van der Waals surface area contributed by atoms with Crippen LogP contribution in [0.4, 0.5) is 0 Å². The number of likely N-dealkylation sites (N-methyl/N-ethyl adjacent to an activating group) is 1. The Kier molecular flexibility index (Phi) is 6.03. The Labute approximate surface area is 185 Å². The van der Waals surface area contributed by atoms with Crippen molar-refractivity contribution < 1.29 is 14.3 Å². The molecule has 0 spiro atoms. The van der Waals surface area contributed by atoms with E-state index in [4.69, 9.17) is 4.74 Å². The van der Waals surface area contributed by atoms with Crippen LogP contribution in [0.5, 0.6) is 5.75 Å². The summed E-state index contributed by atoms with van der Waals surface area (Å²) >= 11 is 0. The van der Waals surface area contributed by atoms with Gasteiger partial charge in [0, 0.05) is 26.1 Å². The van der Waals surface area contributed by atoms with Crippen molar-refractivity contribution in [2.75, 3.05) is 20.1 Å². The monoisotopic (exact) mass is 420 g/mol. The zero-order chi connectivity index (χ0) is 22.1. The van der Waals surface area contributed by atoms with Crippen LogP contribution in [0.3, 0.4) is 0 Å². The second-order valence-corrected chi connectivity index (χ2v) is 8.85. The first-order valence-electron chi connectivity index (χ1n) is 11.3. The van der Waals surface area contributed by atoms with E-state index in [1.807, 2.05) is 19.1 Å². The highest BCUT2D eigenvalue weighted by atomic mass is 16.5. The van der Waals surface area contributed by atoms with Gasteiger partial charge in [0.1, 0.15) is 5.75 Å². The van der Waals surface area contributed by atoms with Gasteiger partial charge in [-0.05, 0) is 68.9 Å². The number of benzene rings is 2. The third-order valence-electron chi connectivity index (χ3n) is 6.42. The number of amides is 2. The van der Waals surface area contributed by atoms with Gasteiger partial charge in [-0.3, -0.25) is 9.59 Å². The molecule has 0 saturated heterocycles. The largest absolute Gasteiger partial charge is 0.481 e. The molecule has 1 saturated carbocycles. The molecule has 2 amide bonds. The number of ether oxygens (including phenoxy) is 1. The van der Waals surface area contributed by atoms with Gasteiger partial charge < -0.3 is 14.5 Å². The van der Waals surface area contributed by atoms with Gasteiger partial charge >= 0.3 is 0 Å². The first-order valence-corrected chi connectivity index (χ1v) is 11.3. The molecule has 4 rings (SSSR count). The number of fused-ring (bicyclic) bond motifs is 1. The molecule has 31 heavy (non-hydrogen) atoms. The first kappa shape index (κ1) is 21.4. The molecule has 0 bridgehead atoms. The van der Waals surface area contributed by atoms with Gasteiger partial charge in [-0.1, -0.05) is 35.9 Å². The number of hydrogen-bond acceptors (Lipinski definition) is 3. The highest BCUT2D eigenvalue weighted by Crippen LogP contribution is 2.41. The average Bonchev–Trinajstić information content (AvgIpc) is 3.62. The molecule has 1 aliphatic carbocycles. The number of carbonyl (C=O) groups excluding carboxylic acids is 2. The zero-order valence-corrected chi connectivity index (χ0v) is 18.9. The first-order chi connectivity index (χ1) is 14.9. The van der Waals surface area contributed by atoms with E-state index in [1.54, 1.807) is 18.9 Å². The molecule has 0 N–H and O–H groups in total. The summed E-state index contributed by atoms with van der Waals surface area (Å²) in [6.07, 6.45) is 2.27. The summed E-state index contributed by atoms with van der Waals surface area (Å²) in [5, 5.41) is 0. The van der Waals surface area contributed by atoms with Gasteiger partial charge in [-0.2, -0.15) is 0 Å². The van der Waals surface area contributed by atoms with E-state index in [0.29, 0.717) is 12.3 Å². The number of rotatable bonds is 6. The Morgan fingerprint density at radius 1 is 1.19 bits per heavy atom. The highest BCUT2D eigenvalue weighted by molar-refractivity contribution is 5.82. The fraction of sp³-hybridized carbons (Fsp3) is 0.462. The van der Waals surface area contributed by atoms with E-state index in [1.165, 1.54) is 11.1 Å². The molecule has 5 heteroatoms. The molecule has 2 aromatic rings. The van der Waals surface area contributed by atoms with E-state index >= 15 is 0 Å². The Morgan fingerprint density at radius 2 is 1.97 bits per heavy atom. The molecule has 2 atom stereocenters. The number of nitrogens with zero attached hydrogens (tertiary/aromatic N) is 2. The summed E-state index contributed by atoms with van der Waals surface area (Å²) in [4.78, 5) is 29.3. The molecule has 1 heterocycles. The minimum atomic E-state index is -0.562. The van der Waals surface area contributed by atoms with Crippen LogP contribution < -0.4 is 4.74 Å². The summed E-state index contributed by atoms with van der Waals surface area (Å²) in [6.45, 7) is 7.19. The Balaban J connectivity index is 1.69. The van der Waals surface area contributed by atoms with Crippen molar-refractivity contribution >= 4 is 11.8 Å². The third kappa shape index (κ3) is 4.46. The summed E-state index contributed by atoms with van der Waals surface area (Å²) in [5.74, 6) is 1.07. The highest BCUT2D eigenvalue weighted by Gasteiger charge is 2.39. The van der Waals surface area contributed by atoms with Gasteiger partial charge in [0.05, 0.1) is 6.04 Å². The molecule has 5 nitrogen and oxygen atoms in total. The second kappa shape index (κ2) is 8.74. The van der Waals surface area contributed by atoms with Crippen molar-refractivity contribution in [2.24, 2.45) is 5.92 Å². The molecule has 1 aliphatic heterocycles. The van der Waals surface area contributed by atoms with Gasteiger partial charge in [0.2, 0.25) is 5.91 Å². The molecule has 2 aliphatic rings. The smallest absolute Gasteiger partial charge is 0.263 e. The van der Waals surface area contributed by atoms with Gasteiger partial charge in [-0.15, -0.1) is 0 Å². The molecule has 164 valence electrons. The molecule has 1 fully saturated rings. The Hall–Kier alpha value is -2.82. The number of hydrogen-bond donors (Lipinski definition) is 0. The topological polar surface area (TPSA) is 49.9 Å². The molecular formula is C26H32N2O3. The summed E-state index contributed by atoms with van der Waals surface area (Å²) < 4.78 is 6.03. The Bertz CT molecular complexity index is 982. The van der Waals surface area contributed by atoms with Crippen LogP contribution in [0.1, 0.15) is 55.0 Å². The van der Waals surface area contributed by atoms with Gasteiger partial charge in [-0.25, -0.2) is 0 Å². The molecule has 0 radical (unpaired) electrons. The number of aryl methyl sites for hydroxylation is 1. The lowest BCUT2D eigenvalue weighted by Gasteiger charge is -2.38. The third-order valence-corrected chi connectivity index (χ3v) is 6.42. The second-order valence-electron chi connectivity index (χ2n) is 8.85. The quantitative estimate of drug-likeness (QED) is 0.706. The molecule has 0 aromatic heterocycles. The van der Waals surface area contributed by atoms with Gasteiger partial charge in [0.15, 0.2) is 6.10 Å². The van der Waals surface area contributed by atoms with Crippen LogP contribution in [0, 0.1) is 12.8 Å². The van der Waals surface area contributed by atoms with E-state index in [9.17, 15) is 9.59 Å². The summed E-state index contributed by atoms with van der Waals surface area (Å²) in [7, 11) is 1.78. The lowest BCUT2D eigenvalue weighted by Crippen LogP contribution is -2.41. The van der Waals surface area contributed by atoms with Crippen molar-refractivity contribution in [3.8, 4) is 5.75 Å². The van der Waals surface area contributed by atoms with E-state index < -0.39 is 6.10 Å². The summed E-state index contributed by atoms with van der Waals surface area (Å²) in [6, 6.07) is 14.4. The maximum atomic E-state index is 13.1. The van der Waals surface area contributed by atoms with Crippen LogP contribution in [0.15, 0.2) is 42.5 Å². The van der Waals surface area contributed by atoms with Crippen LogP contribution in [0.25, 0.3) is 0 Å². The van der Waals surface area contributed by atoms with Crippen molar-refractivity contribution in [3.05, 3.63) is 64.7 Å². The lowest BCUT2D eigenvalue weighted by atomic mass is 9.87. The van der Waals surface area contributed by atoms with E-state index in [-0.39, 0.29) is 23.8 Å². The lowest BCUT2D eigenvalue weighted by molar-refractivity contribution is -0.136. The zero-order valence-electron chi connectivity index (χ0n) is 18.9. The van der Waals surface area contributed by atoms with Crippen LogP contribution in [-0.4, -0.2) is 47.9 Å². The van der Waals surface area contributed by atoms with Crippen molar-refractivity contribution in [2.45, 2.75) is 52.2 Å². The fourth-order valence-electron chi connectivity index (χ4n) is 4.39. The minimum Gasteiger partial charge on any atom is -0.481 e. The van der Waals surface area contributed by atoms with Crippen LogP contribution in [0.2, 0.25) is 0 Å². The maximum Gasteiger partial charge on any atom is 0.263 e. The van der Waals surface area contributed by atoms with Crippen molar-refractivity contribution in [1.29, 1.82) is 0 Å². The van der Waals surface area contributed by atoms with Crippen molar-refractivity contribution in [1.82, 2.24) is 9.80 Å².